The zero-order valence-electron chi connectivity index (χ0n) is 12.0. The second kappa shape index (κ2) is 5.63. The van der Waals surface area contributed by atoms with Crippen molar-refractivity contribution in [3.05, 3.63) is 40.8 Å². The SMILES string of the molecule is COc1nc(C)nc2nc(=NS(=O)(=O)c3ccccc3Cl)on12. The Labute approximate surface area is 135 Å². The summed E-state index contributed by atoms with van der Waals surface area (Å²) in [4.78, 5) is 11.7. The van der Waals surface area contributed by atoms with E-state index in [1.807, 2.05) is 0 Å². The predicted octanol–water partition coefficient (Wildman–Crippen LogP) is 0.977. The van der Waals surface area contributed by atoms with Gasteiger partial charge in [0.15, 0.2) is 0 Å². The lowest BCUT2D eigenvalue weighted by Crippen LogP contribution is -2.08. The number of aromatic nitrogens is 4. The molecular formula is C12H10ClN5O4S. The van der Waals surface area contributed by atoms with Gasteiger partial charge in [0.25, 0.3) is 15.8 Å². The number of methoxy groups -OCH3 is 1. The van der Waals surface area contributed by atoms with Gasteiger partial charge in [0.1, 0.15) is 10.7 Å². The summed E-state index contributed by atoms with van der Waals surface area (Å²) in [5.74, 6) is 0.457. The maximum Gasteiger partial charge on any atom is 0.358 e. The van der Waals surface area contributed by atoms with Gasteiger partial charge in [-0.3, -0.25) is 0 Å². The zero-order chi connectivity index (χ0) is 16.6. The van der Waals surface area contributed by atoms with E-state index < -0.39 is 15.7 Å². The molecule has 2 heterocycles. The normalized spacial score (nSPS) is 12.7. The molecule has 3 aromatic rings. The highest BCUT2D eigenvalue weighted by atomic mass is 35.5. The number of sulfonamides is 1. The van der Waals surface area contributed by atoms with Crippen LogP contribution in [0.15, 0.2) is 38.1 Å². The second-order valence-corrected chi connectivity index (χ2v) is 6.31. The molecule has 0 spiro atoms. The largest absolute Gasteiger partial charge is 0.466 e. The van der Waals surface area contributed by atoms with E-state index in [-0.39, 0.29) is 21.7 Å². The molecule has 0 aliphatic carbocycles. The van der Waals surface area contributed by atoms with Crippen molar-refractivity contribution < 1.29 is 17.7 Å². The number of nitrogens with zero attached hydrogens (tertiary/aromatic N) is 5. The molecule has 0 saturated heterocycles. The molecule has 23 heavy (non-hydrogen) atoms. The number of aryl methyl sites for hydroxylation is 1. The van der Waals surface area contributed by atoms with Gasteiger partial charge in [-0.15, -0.1) is 4.40 Å². The topological polar surface area (TPSA) is 112 Å². The Morgan fingerprint density at radius 1 is 1.26 bits per heavy atom. The molecule has 3 rings (SSSR count). The maximum absolute atomic E-state index is 12.3. The van der Waals surface area contributed by atoms with Crippen LogP contribution in [0.5, 0.6) is 6.01 Å². The molecule has 0 fully saturated rings. The Hall–Kier alpha value is -2.46. The van der Waals surface area contributed by atoms with Crippen molar-refractivity contribution in [3.8, 4) is 6.01 Å². The van der Waals surface area contributed by atoms with E-state index in [1.165, 1.54) is 25.3 Å². The van der Waals surface area contributed by atoms with Gasteiger partial charge < -0.3 is 9.26 Å². The number of hydrogen-bond donors (Lipinski definition) is 0. The minimum absolute atomic E-state index is 0.0493. The summed E-state index contributed by atoms with van der Waals surface area (Å²) >= 11 is 5.88. The summed E-state index contributed by atoms with van der Waals surface area (Å²) in [6.45, 7) is 1.63. The van der Waals surface area contributed by atoms with Gasteiger partial charge in [0.05, 0.1) is 12.1 Å². The summed E-state index contributed by atoms with van der Waals surface area (Å²) in [5, 5.41) is 0.0493. The summed E-state index contributed by atoms with van der Waals surface area (Å²) in [5.41, 5.74) is -0.414. The first-order valence-corrected chi connectivity index (χ1v) is 8.07. The number of rotatable bonds is 3. The van der Waals surface area contributed by atoms with Crippen LogP contribution < -0.4 is 10.4 Å². The van der Waals surface area contributed by atoms with Gasteiger partial charge in [-0.2, -0.15) is 23.4 Å². The fraction of sp³-hybridized carbons (Fsp3) is 0.167. The monoisotopic (exact) mass is 355 g/mol. The highest BCUT2D eigenvalue weighted by Gasteiger charge is 2.18. The number of halogens is 1. The maximum atomic E-state index is 12.3. The number of benzene rings is 1. The fourth-order valence-electron chi connectivity index (χ4n) is 1.79. The summed E-state index contributed by atoms with van der Waals surface area (Å²) in [6.07, 6.45) is 0. The third kappa shape index (κ3) is 2.90. The number of fused-ring (bicyclic) bond motifs is 1. The molecule has 0 amide bonds. The van der Waals surface area contributed by atoms with Gasteiger partial charge in [-0.1, -0.05) is 28.3 Å². The molecule has 11 heteroatoms. The fourth-order valence-corrected chi connectivity index (χ4v) is 3.17. The highest BCUT2D eigenvalue weighted by molar-refractivity contribution is 7.90. The van der Waals surface area contributed by atoms with E-state index in [0.29, 0.717) is 5.82 Å². The van der Waals surface area contributed by atoms with Crippen LogP contribution in [0, 0.1) is 6.92 Å². The Bertz CT molecular complexity index is 1060. The molecule has 0 aliphatic rings. The average Bonchev–Trinajstić information content (AvgIpc) is 2.87. The Morgan fingerprint density at radius 3 is 2.70 bits per heavy atom. The third-order valence-electron chi connectivity index (χ3n) is 2.74. The average molecular weight is 356 g/mol. The molecule has 0 saturated carbocycles. The van der Waals surface area contributed by atoms with Gasteiger partial charge in [-0.25, -0.2) is 0 Å². The van der Waals surface area contributed by atoms with E-state index in [1.54, 1.807) is 13.0 Å². The van der Waals surface area contributed by atoms with Crippen LogP contribution in [0.3, 0.4) is 0 Å². The third-order valence-corrected chi connectivity index (χ3v) is 4.49. The summed E-state index contributed by atoms with van der Waals surface area (Å²) in [6, 6.07) is 5.99. The molecule has 0 atom stereocenters. The van der Waals surface area contributed by atoms with Gasteiger partial charge in [0.2, 0.25) is 0 Å². The van der Waals surface area contributed by atoms with Crippen LogP contribution in [-0.2, 0) is 10.0 Å². The van der Waals surface area contributed by atoms with E-state index >= 15 is 0 Å². The van der Waals surface area contributed by atoms with E-state index in [2.05, 4.69) is 19.3 Å². The first-order chi connectivity index (χ1) is 10.9. The molecule has 1 aromatic carbocycles. The van der Waals surface area contributed by atoms with E-state index in [9.17, 15) is 8.42 Å². The molecular weight excluding hydrogens is 346 g/mol. The van der Waals surface area contributed by atoms with Crippen LogP contribution in [0.2, 0.25) is 5.02 Å². The lowest BCUT2D eigenvalue weighted by Gasteiger charge is -1.99. The molecule has 0 unspecified atom stereocenters. The van der Waals surface area contributed by atoms with Crippen LogP contribution in [-0.4, -0.2) is 35.1 Å². The van der Waals surface area contributed by atoms with Crippen molar-refractivity contribution in [1.29, 1.82) is 0 Å². The van der Waals surface area contributed by atoms with Crippen molar-refractivity contribution in [3.63, 3.8) is 0 Å². The minimum Gasteiger partial charge on any atom is -0.466 e. The number of hydrogen-bond acceptors (Lipinski definition) is 7. The molecule has 2 aromatic heterocycles. The van der Waals surface area contributed by atoms with Crippen LogP contribution >= 0.6 is 11.6 Å². The minimum atomic E-state index is -4.09. The molecule has 9 nitrogen and oxygen atoms in total. The first-order valence-electron chi connectivity index (χ1n) is 6.25. The Balaban J connectivity index is 2.20. The van der Waals surface area contributed by atoms with Crippen LogP contribution in [0.1, 0.15) is 5.82 Å². The highest BCUT2D eigenvalue weighted by Crippen LogP contribution is 2.21. The lowest BCUT2D eigenvalue weighted by atomic mass is 10.4. The smallest absolute Gasteiger partial charge is 0.358 e. The lowest BCUT2D eigenvalue weighted by molar-refractivity contribution is 0.264. The second-order valence-electron chi connectivity index (χ2n) is 4.33. The molecule has 0 N–H and O–H groups in total. The van der Waals surface area contributed by atoms with Crippen molar-refractivity contribution in [2.75, 3.05) is 7.11 Å². The summed E-state index contributed by atoms with van der Waals surface area (Å²) in [7, 11) is -2.70. The van der Waals surface area contributed by atoms with E-state index in [4.69, 9.17) is 20.9 Å². The first kappa shape index (κ1) is 15.4. The van der Waals surface area contributed by atoms with E-state index in [0.717, 1.165) is 4.57 Å². The predicted molar refractivity (Wildman–Crippen MR) is 78.5 cm³/mol. The molecule has 120 valence electrons. The molecule has 0 aliphatic heterocycles. The zero-order valence-corrected chi connectivity index (χ0v) is 13.5. The van der Waals surface area contributed by atoms with Crippen molar-refractivity contribution in [2.45, 2.75) is 11.8 Å². The molecule has 0 bridgehead atoms. The molecule has 0 radical (unpaired) electrons. The van der Waals surface area contributed by atoms with Crippen molar-refractivity contribution >= 4 is 27.4 Å². The quantitative estimate of drug-likeness (QED) is 0.688. The van der Waals surface area contributed by atoms with Crippen molar-refractivity contribution in [2.24, 2.45) is 4.40 Å². The van der Waals surface area contributed by atoms with Crippen LogP contribution in [0.25, 0.3) is 5.78 Å². The van der Waals surface area contributed by atoms with Crippen LogP contribution in [0.4, 0.5) is 0 Å². The summed E-state index contributed by atoms with van der Waals surface area (Å²) < 4.78 is 39.4. The standard InChI is InChI=1S/C12H10ClN5O4S/c1-7-14-10-16-11(22-18(10)12(15-7)21-2)17-23(19,20)9-6-4-3-5-8(9)13/h3-6H,1-2H3. The van der Waals surface area contributed by atoms with Gasteiger partial charge in [0, 0.05) is 0 Å². The van der Waals surface area contributed by atoms with Gasteiger partial charge in [-0.05, 0) is 19.1 Å². The van der Waals surface area contributed by atoms with Gasteiger partial charge >= 0.3 is 11.7 Å². The Kier molecular flexibility index (Phi) is 3.78. The number of ether oxygens (including phenoxy) is 1. The Morgan fingerprint density at radius 2 is 2.00 bits per heavy atom. The van der Waals surface area contributed by atoms with Crippen molar-refractivity contribution in [1.82, 2.24) is 19.5 Å².